The Morgan fingerprint density at radius 2 is 1.71 bits per heavy atom. The van der Waals surface area contributed by atoms with Gasteiger partial charge in [-0.15, -0.1) is 0 Å². The molecule has 1 aliphatic carbocycles. The molecule has 2 aliphatic rings. The molecular weight excluding hydrogens is 422 g/mol. The minimum absolute atomic E-state index is 0.120. The number of methoxy groups -OCH3 is 1. The number of hydrogen-bond donors (Lipinski definition) is 1. The second-order valence-electron chi connectivity index (χ2n) is 9.63. The second-order valence-corrected chi connectivity index (χ2v) is 9.63. The van der Waals surface area contributed by atoms with E-state index in [0.29, 0.717) is 12.0 Å². The molecule has 3 unspecified atom stereocenters. The maximum absolute atomic E-state index is 5.99. The van der Waals surface area contributed by atoms with E-state index in [1.165, 1.54) is 36.0 Å². The summed E-state index contributed by atoms with van der Waals surface area (Å²) in [4.78, 5) is 2.73. The van der Waals surface area contributed by atoms with Crippen LogP contribution in [0.4, 0.5) is 0 Å². The van der Waals surface area contributed by atoms with Gasteiger partial charge in [0, 0.05) is 23.1 Å². The fourth-order valence-electron chi connectivity index (χ4n) is 6.67. The maximum Gasteiger partial charge on any atom is 0.170 e. The third-order valence-corrected chi connectivity index (χ3v) is 8.07. The Bertz CT molecular complexity index is 1260. The number of hydrogen-bond acceptors (Lipinski definition) is 5. The van der Waals surface area contributed by atoms with Gasteiger partial charge in [0.05, 0.1) is 18.8 Å². The van der Waals surface area contributed by atoms with Crippen LogP contribution in [0.25, 0.3) is 11.0 Å². The van der Waals surface area contributed by atoms with E-state index < -0.39 is 0 Å². The first-order valence-electron chi connectivity index (χ1n) is 12.2. The highest BCUT2D eigenvalue weighted by Crippen LogP contribution is 2.58. The lowest BCUT2D eigenvalue weighted by Gasteiger charge is -2.51. The molecule has 1 aromatic heterocycles. The quantitative estimate of drug-likeness (QED) is 0.400. The van der Waals surface area contributed by atoms with Crippen molar-refractivity contribution in [1.29, 1.82) is 0 Å². The number of nitrogens with one attached hydrogen (secondary N) is 1. The summed E-state index contributed by atoms with van der Waals surface area (Å²) < 4.78 is 11.6. The van der Waals surface area contributed by atoms with Gasteiger partial charge in [0.1, 0.15) is 11.4 Å². The Labute approximate surface area is 200 Å². The topological polar surface area (TPSA) is 50.5 Å². The van der Waals surface area contributed by atoms with Crippen molar-refractivity contribution in [3.8, 4) is 5.75 Å². The smallest absolute Gasteiger partial charge is 0.170 e. The van der Waals surface area contributed by atoms with Gasteiger partial charge >= 0.3 is 0 Å². The summed E-state index contributed by atoms with van der Waals surface area (Å²) in [7, 11) is 3.85. The van der Waals surface area contributed by atoms with Crippen LogP contribution in [-0.2, 0) is 5.66 Å². The fourth-order valence-corrected chi connectivity index (χ4v) is 6.67. The zero-order valence-corrected chi connectivity index (χ0v) is 20.0. The number of fused-ring (bicyclic) bond motifs is 3. The van der Waals surface area contributed by atoms with Crippen molar-refractivity contribution >= 4 is 11.0 Å². The monoisotopic (exact) mass is 453 g/mol. The molecule has 1 N–H and O–H groups in total. The highest BCUT2D eigenvalue weighted by atomic mass is 16.5. The average molecular weight is 454 g/mol. The molecule has 4 aromatic rings. The summed E-state index contributed by atoms with van der Waals surface area (Å²) in [5.74, 6) is 1.32. The first-order chi connectivity index (χ1) is 16.7. The molecule has 1 saturated carbocycles. The first kappa shape index (κ1) is 21.4. The Morgan fingerprint density at radius 3 is 2.32 bits per heavy atom. The molecule has 1 saturated heterocycles. The molecule has 0 spiro atoms. The van der Waals surface area contributed by atoms with Crippen LogP contribution in [0.3, 0.4) is 0 Å². The predicted molar refractivity (Wildman–Crippen MR) is 134 cm³/mol. The third kappa shape index (κ3) is 3.04. The van der Waals surface area contributed by atoms with Crippen molar-refractivity contribution in [2.75, 3.05) is 14.2 Å². The Kier molecular flexibility index (Phi) is 5.19. The van der Waals surface area contributed by atoms with Crippen molar-refractivity contribution in [2.45, 2.75) is 43.9 Å². The number of likely N-dealkylation sites (tertiary alicyclic amines) is 1. The SMILES string of the molecule is CNC1(c2cc3c(C)noc3cc2OC)C2CCC(C2)N1C(c1ccccc1)c1ccccc1. The molecule has 2 bridgehead atoms. The van der Waals surface area contributed by atoms with E-state index in [9.17, 15) is 0 Å². The normalized spacial score (nSPS) is 24.4. The van der Waals surface area contributed by atoms with Gasteiger partial charge in [-0.3, -0.25) is 10.2 Å². The molecule has 5 nitrogen and oxygen atoms in total. The highest BCUT2D eigenvalue weighted by Gasteiger charge is 2.60. The van der Waals surface area contributed by atoms with Gasteiger partial charge in [0.15, 0.2) is 5.58 Å². The van der Waals surface area contributed by atoms with Gasteiger partial charge in [-0.2, -0.15) is 0 Å². The van der Waals surface area contributed by atoms with Crippen LogP contribution in [0.15, 0.2) is 77.3 Å². The third-order valence-electron chi connectivity index (χ3n) is 8.07. The number of piperidine rings is 1. The average Bonchev–Trinajstić information content (AvgIpc) is 3.59. The molecule has 0 amide bonds. The molecule has 3 aromatic carbocycles. The van der Waals surface area contributed by atoms with E-state index in [2.05, 4.69) is 89.2 Å². The minimum Gasteiger partial charge on any atom is -0.496 e. The molecule has 3 atom stereocenters. The van der Waals surface area contributed by atoms with Crippen molar-refractivity contribution in [3.63, 3.8) is 0 Å². The largest absolute Gasteiger partial charge is 0.496 e. The number of ether oxygens (including phenoxy) is 1. The first-order valence-corrected chi connectivity index (χ1v) is 12.2. The highest BCUT2D eigenvalue weighted by molar-refractivity contribution is 5.82. The number of aryl methyl sites for hydroxylation is 1. The number of benzene rings is 3. The second kappa shape index (κ2) is 8.26. The Hall–Kier alpha value is -3.15. The van der Waals surface area contributed by atoms with Crippen molar-refractivity contribution in [1.82, 2.24) is 15.4 Å². The fraction of sp³-hybridized carbons (Fsp3) is 0.345. The van der Waals surface area contributed by atoms with Gasteiger partial charge in [0.2, 0.25) is 0 Å². The molecular formula is C29H31N3O2. The van der Waals surface area contributed by atoms with Gasteiger partial charge in [-0.05, 0) is 56.3 Å². The van der Waals surface area contributed by atoms with Crippen LogP contribution in [0.2, 0.25) is 0 Å². The summed E-state index contributed by atoms with van der Waals surface area (Å²) in [6.07, 6.45) is 3.57. The zero-order valence-electron chi connectivity index (χ0n) is 20.0. The molecule has 34 heavy (non-hydrogen) atoms. The molecule has 0 radical (unpaired) electrons. The molecule has 174 valence electrons. The van der Waals surface area contributed by atoms with E-state index in [1.54, 1.807) is 7.11 Å². The summed E-state index contributed by atoms with van der Waals surface area (Å²) in [5.41, 5.74) is 5.08. The number of nitrogens with zero attached hydrogens (tertiary/aromatic N) is 2. The van der Waals surface area contributed by atoms with E-state index in [1.807, 2.05) is 13.0 Å². The number of rotatable bonds is 6. The predicted octanol–water partition coefficient (Wildman–Crippen LogP) is 5.79. The molecule has 6 rings (SSSR count). The summed E-state index contributed by atoms with van der Waals surface area (Å²) >= 11 is 0. The zero-order chi connectivity index (χ0) is 23.3. The van der Waals surface area contributed by atoms with Crippen LogP contribution in [0.1, 0.15) is 47.7 Å². The van der Waals surface area contributed by atoms with Crippen molar-refractivity contribution in [2.24, 2.45) is 5.92 Å². The lowest BCUT2D eigenvalue weighted by atomic mass is 9.81. The lowest BCUT2D eigenvalue weighted by molar-refractivity contribution is -0.0144. The van der Waals surface area contributed by atoms with E-state index in [0.717, 1.165) is 22.4 Å². The summed E-state index contributed by atoms with van der Waals surface area (Å²) in [6, 6.07) is 26.7. The molecule has 5 heteroatoms. The van der Waals surface area contributed by atoms with E-state index in [-0.39, 0.29) is 11.7 Å². The van der Waals surface area contributed by atoms with Crippen LogP contribution >= 0.6 is 0 Å². The van der Waals surface area contributed by atoms with Crippen molar-refractivity contribution < 1.29 is 9.26 Å². The van der Waals surface area contributed by atoms with Gasteiger partial charge in [0.25, 0.3) is 0 Å². The van der Waals surface area contributed by atoms with Gasteiger partial charge < -0.3 is 9.26 Å². The van der Waals surface area contributed by atoms with E-state index in [4.69, 9.17) is 9.26 Å². The van der Waals surface area contributed by atoms with Crippen molar-refractivity contribution in [3.05, 3.63) is 95.2 Å². The van der Waals surface area contributed by atoms with Crippen LogP contribution in [-0.4, -0.2) is 30.3 Å². The molecule has 1 aliphatic heterocycles. The van der Waals surface area contributed by atoms with Gasteiger partial charge in [-0.1, -0.05) is 65.8 Å². The van der Waals surface area contributed by atoms with Crippen LogP contribution in [0, 0.1) is 12.8 Å². The Balaban J connectivity index is 1.61. The molecule has 2 fully saturated rings. The number of aromatic nitrogens is 1. The lowest BCUT2D eigenvalue weighted by Crippen LogP contribution is -2.59. The Morgan fingerprint density at radius 1 is 1.03 bits per heavy atom. The standard InChI is InChI=1S/C29H31N3O2/c1-19-24-17-25(27(33-3)18-26(24)34-31-19)29(30-2)22-14-15-23(16-22)32(29)28(20-10-6-4-7-11-20)21-12-8-5-9-13-21/h4-13,17-18,22-23,28,30H,14-16H2,1-3H3. The minimum atomic E-state index is -0.373. The molecule has 2 heterocycles. The van der Waals surface area contributed by atoms with Gasteiger partial charge in [-0.25, -0.2) is 0 Å². The summed E-state index contributed by atoms with van der Waals surface area (Å²) in [5, 5.41) is 9.11. The van der Waals surface area contributed by atoms with Crippen LogP contribution in [0.5, 0.6) is 5.75 Å². The maximum atomic E-state index is 5.99. The van der Waals surface area contributed by atoms with Crippen LogP contribution < -0.4 is 10.1 Å². The summed E-state index contributed by atoms with van der Waals surface area (Å²) in [6.45, 7) is 2.00. The van der Waals surface area contributed by atoms with E-state index >= 15 is 0 Å².